The van der Waals surface area contributed by atoms with Crippen LogP contribution in [-0.4, -0.2) is 13.4 Å². The van der Waals surface area contributed by atoms with Gasteiger partial charge in [0.2, 0.25) is 0 Å². The van der Waals surface area contributed by atoms with E-state index in [0.717, 1.165) is 0 Å². The Morgan fingerprint density at radius 1 is 1.50 bits per heavy atom. The Morgan fingerprint density at radius 3 is 2.50 bits per heavy atom. The third-order valence-electron chi connectivity index (χ3n) is 1.43. The molecule has 0 spiro atoms. The van der Waals surface area contributed by atoms with Crippen molar-refractivity contribution in [3.8, 4) is 0 Å². The molecular formula is C8H16N2. The largest absolute Gasteiger partial charge is 0.353 e. The molecule has 0 aromatic rings. The van der Waals surface area contributed by atoms with Crippen molar-refractivity contribution in [3.05, 3.63) is 11.8 Å². The average Bonchev–Trinajstić information content (AvgIpc) is 1.88. The molecule has 0 atom stereocenters. The molecule has 0 heterocycles. The molecule has 10 heavy (non-hydrogen) atoms. The lowest BCUT2D eigenvalue weighted by atomic mass is 10.1. The third-order valence-corrected chi connectivity index (χ3v) is 1.43. The van der Waals surface area contributed by atoms with E-state index in [2.05, 4.69) is 31.1 Å². The predicted octanol–water partition coefficient (Wildman–Crippen LogP) is 1.79. The first kappa shape index (κ1) is 9.21. The quantitative estimate of drug-likeness (QED) is 0.469. The van der Waals surface area contributed by atoms with Crippen LogP contribution in [0.5, 0.6) is 0 Å². The molecule has 0 saturated carbocycles. The highest BCUT2D eigenvalue weighted by atomic mass is 14.9. The molecular weight excluding hydrogens is 124 g/mol. The van der Waals surface area contributed by atoms with Gasteiger partial charge in [0.25, 0.3) is 0 Å². The molecule has 2 heteroatoms. The SMILES string of the molecule is CN=CN/C=C(\C)C(C)C. The molecule has 0 saturated heterocycles. The van der Waals surface area contributed by atoms with E-state index in [9.17, 15) is 0 Å². The fourth-order valence-corrected chi connectivity index (χ4v) is 0.410. The van der Waals surface area contributed by atoms with Gasteiger partial charge in [-0.05, 0) is 12.8 Å². The van der Waals surface area contributed by atoms with E-state index < -0.39 is 0 Å². The maximum absolute atomic E-state index is 3.79. The zero-order chi connectivity index (χ0) is 7.98. The molecule has 1 N–H and O–H groups in total. The molecule has 0 rings (SSSR count). The lowest BCUT2D eigenvalue weighted by Crippen LogP contribution is -2.03. The van der Waals surface area contributed by atoms with Crippen LogP contribution in [0.2, 0.25) is 0 Å². The third kappa shape index (κ3) is 4.13. The Balaban J connectivity index is 3.68. The molecule has 0 amide bonds. The molecule has 0 aliphatic carbocycles. The summed E-state index contributed by atoms with van der Waals surface area (Å²) in [5.74, 6) is 0.609. The molecule has 0 fully saturated rings. The van der Waals surface area contributed by atoms with Crippen molar-refractivity contribution >= 4 is 6.34 Å². The van der Waals surface area contributed by atoms with Crippen molar-refractivity contribution in [2.75, 3.05) is 7.05 Å². The number of nitrogens with one attached hydrogen (secondary N) is 1. The minimum atomic E-state index is 0.609. The van der Waals surface area contributed by atoms with E-state index in [0.29, 0.717) is 5.92 Å². The molecule has 2 nitrogen and oxygen atoms in total. The van der Waals surface area contributed by atoms with Crippen LogP contribution >= 0.6 is 0 Å². The van der Waals surface area contributed by atoms with Gasteiger partial charge in [-0.15, -0.1) is 0 Å². The van der Waals surface area contributed by atoms with Gasteiger partial charge in [-0.25, -0.2) is 0 Å². The summed E-state index contributed by atoms with van der Waals surface area (Å²) in [7, 11) is 1.74. The van der Waals surface area contributed by atoms with Crippen LogP contribution in [-0.2, 0) is 0 Å². The standard InChI is InChI=1S/C8H16N2/c1-7(2)8(3)5-10-6-9-4/h5-7H,1-4H3,(H,9,10)/b8-5+. The van der Waals surface area contributed by atoms with Crippen LogP contribution in [0.3, 0.4) is 0 Å². The Hall–Kier alpha value is -0.790. The molecule has 0 aromatic heterocycles. The summed E-state index contributed by atoms with van der Waals surface area (Å²) >= 11 is 0. The number of allylic oxidation sites excluding steroid dienone is 1. The molecule has 58 valence electrons. The molecule has 0 aliphatic rings. The summed E-state index contributed by atoms with van der Waals surface area (Å²) in [5.41, 5.74) is 1.33. The molecule has 0 aliphatic heterocycles. The van der Waals surface area contributed by atoms with Crippen LogP contribution in [0.25, 0.3) is 0 Å². The van der Waals surface area contributed by atoms with Gasteiger partial charge in [-0.3, -0.25) is 4.99 Å². The maximum Gasteiger partial charge on any atom is 0.0859 e. The Labute approximate surface area is 63.0 Å². The topological polar surface area (TPSA) is 24.4 Å². The second-order valence-corrected chi connectivity index (χ2v) is 2.60. The first-order valence-corrected chi connectivity index (χ1v) is 3.51. The molecule has 0 aromatic carbocycles. The zero-order valence-electron chi connectivity index (χ0n) is 7.18. The number of nitrogens with zero attached hydrogens (tertiary/aromatic N) is 1. The van der Waals surface area contributed by atoms with E-state index in [1.54, 1.807) is 13.4 Å². The second-order valence-electron chi connectivity index (χ2n) is 2.60. The highest BCUT2D eigenvalue weighted by Gasteiger charge is 1.92. The van der Waals surface area contributed by atoms with Gasteiger partial charge in [0.15, 0.2) is 0 Å². The summed E-state index contributed by atoms with van der Waals surface area (Å²) in [5, 5.41) is 2.96. The fraction of sp³-hybridized carbons (Fsp3) is 0.625. The Morgan fingerprint density at radius 2 is 2.10 bits per heavy atom. The average molecular weight is 140 g/mol. The van der Waals surface area contributed by atoms with Gasteiger partial charge in [0.05, 0.1) is 6.34 Å². The first-order chi connectivity index (χ1) is 4.68. The maximum atomic E-state index is 3.79. The van der Waals surface area contributed by atoms with Crippen molar-refractivity contribution < 1.29 is 0 Å². The number of hydrogen-bond donors (Lipinski definition) is 1. The van der Waals surface area contributed by atoms with Gasteiger partial charge < -0.3 is 5.32 Å². The van der Waals surface area contributed by atoms with Crippen LogP contribution in [0.1, 0.15) is 20.8 Å². The van der Waals surface area contributed by atoms with Crippen molar-refractivity contribution in [2.24, 2.45) is 10.9 Å². The van der Waals surface area contributed by atoms with Gasteiger partial charge >= 0.3 is 0 Å². The van der Waals surface area contributed by atoms with E-state index >= 15 is 0 Å². The predicted molar refractivity (Wildman–Crippen MR) is 46.1 cm³/mol. The van der Waals surface area contributed by atoms with Crippen LogP contribution < -0.4 is 5.32 Å². The van der Waals surface area contributed by atoms with Crippen molar-refractivity contribution in [3.63, 3.8) is 0 Å². The highest BCUT2D eigenvalue weighted by molar-refractivity contribution is 5.55. The number of rotatable bonds is 3. The minimum absolute atomic E-state index is 0.609. The van der Waals surface area contributed by atoms with E-state index in [1.807, 2.05) is 6.20 Å². The van der Waals surface area contributed by atoms with Gasteiger partial charge in [0.1, 0.15) is 0 Å². The van der Waals surface area contributed by atoms with Crippen molar-refractivity contribution in [2.45, 2.75) is 20.8 Å². The summed E-state index contributed by atoms with van der Waals surface area (Å²) in [6.07, 6.45) is 3.64. The Kier molecular flexibility index (Phi) is 4.63. The van der Waals surface area contributed by atoms with E-state index in [1.165, 1.54) is 5.57 Å². The fourth-order valence-electron chi connectivity index (χ4n) is 0.410. The van der Waals surface area contributed by atoms with E-state index in [4.69, 9.17) is 0 Å². The smallest absolute Gasteiger partial charge is 0.0859 e. The van der Waals surface area contributed by atoms with Gasteiger partial charge in [0, 0.05) is 13.2 Å². The second kappa shape index (κ2) is 5.03. The van der Waals surface area contributed by atoms with E-state index in [-0.39, 0.29) is 0 Å². The van der Waals surface area contributed by atoms with Crippen LogP contribution in [0.4, 0.5) is 0 Å². The lowest BCUT2D eigenvalue weighted by Gasteiger charge is -2.02. The number of hydrogen-bond acceptors (Lipinski definition) is 1. The lowest BCUT2D eigenvalue weighted by molar-refractivity contribution is 0.762. The van der Waals surface area contributed by atoms with Gasteiger partial charge in [-0.1, -0.05) is 19.4 Å². The number of aliphatic imine (C=N–C) groups is 1. The molecule has 0 unspecified atom stereocenters. The first-order valence-electron chi connectivity index (χ1n) is 3.51. The zero-order valence-corrected chi connectivity index (χ0v) is 7.18. The van der Waals surface area contributed by atoms with Gasteiger partial charge in [-0.2, -0.15) is 0 Å². The monoisotopic (exact) mass is 140 g/mol. The summed E-state index contributed by atoms with van der Waals surface area (Å²) in [6.45, 7) is 6.42. The normalized spacial score (nSPS) is 13.1. The van der Waals surface area contributed by atoms with Crippen molar-refractivity contribution in [1.82, 2.24) is 5.32 Å². The molecule has 0 bridgehead atoms. The summed E-state index contributed by atoms with van der Waals surface area (Å²) in [4.78, 5) is 3.79. The highest BCUT2D eigenvalue weighted by Crippen LogP contribution is 2.05. The van der Waals surface area contributed by atoms with Crippen molar-refractivity contribution in [1.29, 1.82) is 0 Å². The van der Waals surface area contributed by atoms with Crippen LogP contribution in [0.15, 0.2) is 16.8 Å². The summed E-state index contributed by atoms with van der Waals surface area (Å²) in [6, 6.07) is 0. The molecule has 0 radical (unpaired) electrons. The van der Waals surface area contributed by atoms with Crippen LogP contribution in [0, 0.1) is 5.92 Å². The Bertz CT molecular complexity index is 134. The summed E-state index contributed by atoms with van der Waals surface area (Å²) < 4.78 is 0. The minimum Gasteiger partial charge on any atom is -0.353 e.